The van der Waals surface area contributed by atoms with E-state index in [1.165, 1.54) is 13.5 Å². The van der Waals surface area contributed by atoms with E-state index in [2.05, 4.69) is 9.64 Å². The zero-order valence-electron chi connectivity index (χ0n) is 9.72. The quantitative estimate of drug-likeness (QED) is 0.674. The molecule has 0 radical (unpaired) electrons. The Hall–Kier alpha value is -0.650. The van der Waals surface area contributed by atoms with Crippen molar-refractivity contribution >= 4 is 5.97 Å². The van der Waals surface area contributed by atoms with Gasteiger partial charge in [0, 0.05) is 19.1 Å². The highest BCUT2D eigenvalue weighted by Gasteiger charge is 2.37. The van der Waals surface area contributed by atoms with Crippen LogP contribution in [0.15, 0.2) is 0 Å². The van der Waals surface area contributed by atoms with Gasteiger partial charge in [0.25, 0.3) is 0 Å². The van der Waals surface area contributed by atoms with E-state index in [1.54, 1.807) is 0 Å². The summed E-state index contributed by atoms with van der Waals surface area (Å²) in [4.78, 5) is 13.6. The minimum absolute atomic E-state index is 0.332. The standard InChI is InChI=1S/C11H20N2O3/c1-15-11(14)8(12)7-13-5-6-16-10-4-2-3-9(10)13/h8-10H,2-7,12H2,1H3. The summed E-state index contributed by atoms with van der Waals surface area (Å²) in [6.07, 6.45) is 3.84. The van der Waals surface area contributed by atoms with E-state index in [9.17, 15) is 4.79 Å². The molecule has 16 heavy (non-hydrogen) atoms. The lowest BCUT2D eigenvalue weighted by atomic mass is 10.1. The van der Waals surface area contributed by atoms with E-state index in [0.29, 0.717) is 18.7 Å². The molecule has 3 atom stereocenters. The maximum absolute atomic E-state index is 11.3. The summed E-state index contributed by atoms with van der Waals surface area (Å²) in [6, 6.07) is -0.0891. The Morgan fingerprint density at radius 2 is 2.44 bits per heavy atom. The molecule has 0 aromatic rings. The molecule has 1 heterocycles. The van der Waals surface area contributed by atoms with Gasteiger partial charge in [-0.25, -0.2) is 0 Å². The Labute approximate surface area is 95.9 Å². The van der Waals surface area contributed by atoms with E-state index in [1.807, 2.05) is 0 Å². The van der Waals surface area contributed by atoms with Gasteiger partial charge >= 0.3 is 5.97 Å². The van der Waals surface area contributed by atoms with Crippen LogP contribution in [0, 0.1) is 0 Å². The fourth-order valence-corrected chi connectivity index (χ4v) is 2.71. The third-order valence-corrected chi connectivity index (χ3v) is 3.53. The average Bonchev–Trinajstić information content (AvgIpc) is 2.77. The van der Waals surface area contributed by atoms with Crippen LogP contribution in [0.4, 0.5) is 0 Å². The summed E-state index contributed by atoms with van der Waals surface area (Å²) in [6.45, 7) is 2.19. The fraction of sp³-hybridized carbons (Fsp3) is 0.909. The minimum atomic E-state index is -0.538. The lowest BCUT2D eigenvalue weighted by Crippen LogP contribution is -2.54. The molecule has 1 saturated carbocycles. The average molecular weight is 228 g/mol. The van der Waals surface area contributed by atoms with Crippen molar-refractivity contribution in [2.24, 2.45) is 5.73 Å². The molecule has 1 saturated heterocycles. The van der Waals surface area contributed by atoms with Crippen LogP contribution < -0.4 is 5.73 Å². The lowest BCUT2D eigenvalue weighted by molar-refractivity contribution is -0.143. The molecule has 2 rings (SSSR count). The van der Waals surface area contributed by atoms with Crippen molar-refractivity contribution in [1.29, 1.82) is 0 Å². The molecule has 0 amide bonds. The Kier molecular flexibility index (Phi) is 3.78. The number of hydrogen-bond donors (Lipinski definition) is 1. The smallest absolute Gasteiger partial charge is 0.323 e. The molecule has 1 aliphatic carbocycles. The van der Waals surface area contributed by atoms with Gasteiger partial charge in [-0.1, -0.05) is 0 Å². The van der Waals surface area contributed by atoms with E-state index >= 15 is 0 Å². The Balaban J connectivity index is 1.90. The summed E-state index contributed by atoms with van der Waals surface area (Å²) in [5, 5.41) is 0. The zero-order valence-corrected chi connectivity index (χ0v) is 9.72. The van der Waals surface area contributed by atoms with Crippen molar-refractivity contribution in [2.45, 2.75) is 37.5 Å². The molecule has 0 bridgehead atoms. The van der Waals surface area contributed by atoms with Gasteiger partial charge in [-0.05, 0) is 19.3 Å². The van der Waals surface area contributed by atoms with Gasteiger partial charge in [0.15, 0.2) is 0 Å². The number of ether oxygens (including phenoxy) is 2. The SMILES string of the molecule is COC(=O)C(N)CN1CCOC2CCCC21. The van der Waals surface area contributed by atoms with Crippen LogP contribution in [0.5, 0.6) is 0 Å². The lowest BCUT2D eigenvalue weighted by Gasteiger charge is -2.38. The Morgan fingerprint density at radius 3 is 3.19 bits per heavy atom. The largest absolute Gasteiger partial charge is 0.468 e. The first-order valence-corrected chi connectivity index (χ1v) is 5.91. The van der Waals surface area contributed by atoms with Crippen LogP contribution in [0.25, 0.3) is 0 Å². The van der Waals surface area contributed by atoms with Crippen LogP contribution >= 0.6 is 0 Å². The van der Waals surface area contributed by atoms with Gasteiger partial charge in [0.1, 0.15) is 6.04 Å². The Bertz CT molecular complexity index is 260. The van der Waals surface area contributed by atoms with E-state index < -0.39 is 6.04 Å². The molecule has 0 aromatic carbocycles. The summed E-state index contributed by atoms with van der Waals surface area (Å²) in [5.41, 5.74) is 5.78. The predicted molar refractivity (Wildman–Crippen MR) is 58.9 cm³/mol. The number of esters is 1. The third kappa shape index (κ3) is 2.36. The van der Waals surface area contributed by atoms with E-state index in [-0.39, 0.29) is 5.97 Å². The summed E-state index contributed by atoms with van der Waals surface area (Å²) in [5.74, 6) is -0.332. The second-order valence-electron chi connectivity index (χ2n) is 4.53. The van der Waals surface area contributed by atoms with Crippen molar-refractivity contribution in [1.82, 2.24) is 4.90 Å². The van der Waals surface area contributed by atoms with Crippen molar-refractivity contribution in [3.05, 3.63) is 0 Å². The molecule has 2 N–H and O–H groups in total. The molecule has 5 heteroatoms. The number of nitrogens with two attached hydrogens (primary N) is 1. The van der Waals surface area contributed by atoms with Gasteiger partial charge < -0.3 is 15.2 Å². The maximum atomic E-state index is 11.3. The molecule has 3 unspecified atom stereocenters. The second kappa shape index (κ2) is 5.12. The number of hydrogen-bond acceptors (Lipinski definition) is 5. The summed E-state index contributed by atoms with van der Waals surface area (Å²) in [7, 11) is 1.37. The van der Waals surface area contributed by atoms with Crippen LogP contribution in [-0.4, -0.2) is 55.9 Å². The predicted octanol–water partition coefficient (Wildman–Crippen LogP) is -0.260. The van der Waals surface area contributed by atoms with E-state index in [0.717, 1.165) is 26.0 Å². The number of morpholine rings is 1. The number of nitrogens with zero attached hydrogens (tertiary/aromatic N) is 1. The highest BCUT2D eigenvalue weighted by Crippen LogP contribution is 2.29. The Morgan fingerprint density at radius 1 is 1.62 bits per heavy atom. The van der Waals surface area contributed by atoms with Crippen molar-refractivity contribution in [3.63, 3.8) is 0 Å². The number of carbonyl (C=O) groups excluding carboxylic acids is 1. The molecular weight excluding hydrogens is 208 g/mol. The monoisotopic (exact) mass is 228 g/mol. The van der Waals surface area contributed by atoms with Crippen molar-refractivity contribution in [3.8, 4) is 0 Å². The molecule has 1 aliphatic heterocycles. The van der Waals surface area contributed by atoms with Crippen LogP contribution in [0.3, 0.4) is 0 Å². The second-order valence-corrected chi connectivity index (χ2v) is 4.53. The highest BCUT2D eigenvalue weighted by molar-refractivity contribution is 5.75. The van der Waals surface area contributed by atoms with Gasteiger partial charge in [0.05, 0.1) is 19.8 Å². The van der Waals surface area contributed by atoms with E-state index in [4.69, 9.17) is 10.5 Å². The van der Waals surface area contributed by atoms with Gasteiger partial charge in [-0.3, -0.25) is 9.69 Å². The fourth-order valence-electron chi connectivity index (χ4n) is 2.71. The molecule has 2 aliphatic rings. The molecule has 5 nitrogen and oxygen atoms in total. The summed E-state index contributed by atoms with van der Waals surface area (Å²) >= 11 is 0. The zero-order chi connectivity index (χ0) is 11.5. The van der Waals surface area contributed by atoms with Crippen molar-refractivity contribution in [2.75, 3.05) is 26.8 Å². The van der Waals surface area contributed by atoms with Crippen LogP contribution in [0.1, 0.15) is 19.3 Å². The van der Waals surface area contributed by atoms with Crippen LogP contribution in [-0.2, 0) is 14.3 Å². The number of carbonyl (C=O) groups is 1. The minimum Gasteiger partial charge on any atom is -0.468 e. The molecule has 2 fully saturated rings. The maximum Gasteiger partial charge on any atom is 0.323 e. The normalized spacial score (nSPS) is 32.1. The topological polar surface area (TPSA) is 64.8 Å². The summed E-state index contributed by atoms with van der Waals surface area (Å²) < 4.78 is 10.3. The molecule has 92 valence electrons. The first-order chi connectivity index (χ1) is 7.72. The third-order valence-electron chi connectivity index (χ3n) is 3.53. The number of methoxy groups -OCH3 is 1. The number of fused-ring (bicyclic) bond motifs is 1. The van der Waals surface area contributed by atoms with Crippen molar-refractivity contribution < 1.29 is 14.3 Å². The number of rotatable bonds is 3. The van der Waals surface area contributed by atoms with Crippen LogP contribution in [0.2, 0.25) is 0 Å². The molecular formula is C11H20N2O3. The van der Waals surface area contributed by atoms with Gasteiger partial charge in [-0.15, -0.1) is 0 Å². The van der Waals surface area contributed by atoms with Gasteiger partial charge in [-0.2, -0.15) is 0 Å². The van der Waals surface area contributed by atoms with Gasteiger partial charge in [0.2, 0.25) is 0 Å². The molecule has 0 aromatic heterocycles. The first-order valence-electron chi connectivity index (χ1n) is 5.91. The highest BCUT2D eigenvalue weighted by atomic mass is 16.5. The molecule has 0 spiro atoms. The first kappa shape index (κ1) is 11.8.